The van der Waals surface area contributed by atoms with Gasteiger partial charge in [-0.1, -0.05) is 23.4 Å². The summed E-state index contributed by atoms with van der Waals surface area (Å²) in [7, 11) is 0. The molecule has 0 radical (unpaired) electrons. The summed E-state index contributed by atoms with van der Waals surface area (Å²) in [5, 5.41) is 8.02. The lowest BCUT2D eigenvalue weighted by molar-refractivity contribution is 0.404. The largest absolute Gasteiger partial charge is 0.351 e. The molecular formula is C27H22F2N4OS. The summed E-state index contributed by atoms with van der Waals surface area (Å²) < 4.78 is 32.7. The highest BCUT2D eigenvalue weighted by Crippen LogP contribution is 2.39. The fraction of sp³-hybridized carbons (Fsp3) is 0.148. The van der Waals surface area contributed by atoms with E-state index < -0.39 is 0 Å². The van der Waals surface area contributed by atoms with E-state index in [0.29, 0.717) is 28.1 Å². The number of anilines is 1. The third-order valence-electron chi connectivity index (χ3n) is 6.19. The van der Waals surface area contributed by atoms with E-state index in [1.165, 1.54) is 29.8 Å². The van der Waals surface area contributed by atoms with Gasteiger partial charge in [0.2, 0.25) is 5.82 Å². The Labute approximate surface area is 207 Å². The van der Waals surface area contributed by atoms with Crippen LogP contribution in [0.5, 0.6) is 0 Å². The van der Waals surface area contributed by atoms with E-state index in [9.17, 15) is 8.78 Å². The Morgan fingerprint density at radius 2 is 1.54 bits per heavy atom. The predicted molar refractivity (Wildman–Crippen MR) is 136 cm³/mol. The lowest BCUT2D eigenvalue weighted by Crippen LogP contribution is -2.46. The molecule has 0 saturated heterocycles. The first-order chi connectivity index (χ1) is 16.8. The van der Waals surface area contributed by atoms with Crippen molar-refractivity contribution in [1.82, 2.24) is 15.5 Å². The fourth-order valence-corrected chi connectivity index (χ4v) is 4.52. The number of benzene rings is 3. The number of hydrogen-bond acceptors (Lipinski definition) is 4. The number of aromatic nitrogens is 2. The minimum absolute atomic E-state index is 0.312. The molecule has 5 rings (SSSR count). The number of allylic oxidation sites excluding steroid dienone is 1. The van der Waals surface area contributed by atoms with Crippen LogP contribution >= 0.6 is 12.2 Å². The van der Waals surface area contributed by atoms with Crippen molar-refractivity contribution in [2.24, 2.45) is 0 Å². The van der Waals surface area contributed by atoms with E-state index >= 15 is 0 Å². The zero-order chi connectivity index (χ0) is 24.7. The Morgan fingerprint density at radius 1 is 0.886 bits per heavy atom. The third kappa shape index (κ3) is 4.33. The van der Waals surface area contributed by atoms with Gasteiger partial charge >= 0.3 is 0 Å². The maximum Gasteiger partial charge on any atom is 0.258 e. The van der Waals surface area contributed by atoms with Crippen molar-refractivity contribution in [3.05, 3.63) is 107 Å². The first-order valence-corrected chi connectivity index (χ1v) is 11.5. The van der Waals surface area contributed by atoms with Gasteiger partial charge in [-0.05, 0) is 98.2 Å². The molecule has 0 saturated carbocycles. The zero-order valence-corrected chi connectivity index (χ0v) is 20.2. The number of nitrogens with zero attached hydrogens (tertiary/aromatic N) is 3. The van der Waals surface area contributed by atoms with Crippen molar-refractivity contribution >= 4 is 28.6 Å². The van der Waals surface area contributed by atoms with Gasteiger partial charge in [0.1, 0.15) is 11.6 Å². The SMILES string of the molecule is CC1=C(c2nc(-c3ccc(F)cc3)no2)C(c2ccc(C)c(C)c2)NC(=S)N1c1ccc(F)cc1. The van der Waals surface area contributed by atoms with E-state index in [1.807, 2.05) is 17.9 Å². The summed E-state index contributed by atoms with van der Waals surface area (Å²) >= 11 is 5.74. The van der Waals surface area contributed by atoms with Gasteiger partial charge in [0.25, 0.3) is 5.89 Å². The Bertz CT molecular complexity index is 1450. The number of aryl methyl sites for hydroxylation is 2. The average molecular weight is 489 g/mol. The molecular weight excluding hydrogens is 466 g/mol. The molecule has 0 spiro atoms. The van der Waals surface area contributed by atoms with Crippen LogP contribution in [0.2, 0.25) is 0 Å². The first-order valence-electron chi connectivity index (χ1n) is 11.1. The molecule has 1 aliphatic heterocycles. The molecule has 35 heavy (non-hydrogen) atoms. The maximum atomic E-state index is 13.6. The van der Waals surface area contributed by atoms with E-state index in [0.717, 1.165) is 22.4 Å². The van der Waals surface area contributed by atoms with Crippen LogP contribution in [0.15, 0.2) is 77.0 Å². The molecule has 5 nitrogen and oxygen atoms in total. The molecule has 3 aromatic carbocycles. The molecule has 0 aliphatic carbocycles. The molecule has 0 amide bonds. The van der Waals surface area contributed by atoms with Crippen molar-refractivity contribution in [3.8, 4) is 11.4 Å². The summed E-state index contributed by atoms with van der Waals surface area (Å²) in [5.74, 6) is -0.0149. The van der Waals surface area contributed by atoms with E-state index in [1.54, 1.807) is 24.3 Å². The van der Waals surface area contributed by atoms with Crippen molar-refractivity contribution in [3.63, 3.8) is 0 Å². The van der Waals surface area contributed by atoms with E-state index in [-0.39, 0.29) is 17.7 Å². The molecule has 2 heterocycles. The second kappa shape index (κ2) is 9.03. The average Bonchev–Trinajstić information content (AvgIpc) is 3.32. The van der Waals surface area contributed by atoms with Gasteiger partial charge in [-0.25, -0.2) is 8.78 Å². The molecule has 1 aliphatic rings. The minimum Gasteiger partial charge on any atom is -0.351 e. The van der Waals surface area contributed by atoms with Gasteiger partial charge in [-0.2, -0.15) is 4.98 Å². The summed E-state index contributed by atoms with van der Waals surface area (Å²) in [6.45, 7) is 6.03. The van der Waals surface area contributed by atoms with E-state index in [4.69, 9.17) is 16.7 Å². The fourth-order valence-electron chi connectivity index (χ4n) is 4.16. The van der Waals surface area contributed by atoms with Gasteiger partial charge < -0.3 is 9.84 Å². The van der Waals surface area contributed by atoms with Crippen molar-refractivity contribution < 1.29 is 13.3 Å². The van der Waals surface area contributed by atoms with Crippen LogP contribution in [-0.4, -0.2) is 15.3 Å². The summed E-state index contributed by atoms with van der Waals surface area (Å²) in [6.07, 6.45) is 0. The lowest BCUT2D eigenvalue weighted by Gasteiger charge is -2.37. The first kappa shape index (κ1) is 22.9. The summed E-state index contributed by atoms with van der Waals surface area (Å²) in [5.41, 5.74) is 6.17. The Balaban J connectivity index is 1.66. The van der Waals surface area contributed by atoms with Crippen LogP contribution in [0.3, 0.4) is 0 Å². The third-order valence-corrected chi connectivity index (χ3v) is 6.49. The Morgan fingerprint density at radius 3 is 2.20 bits per heavy atom. The van der Waals surface area contributed by atoms with Gasteiger partial charge in [0.05, 0.1) is 11.6 Å². The summed E-state index contributed by atoms with van der Waals surface area (Å²) in [6, 6.07) is 17.9. The standard InChI is InChI=1S/C27H22F2N4OS/c1-15-4-5-19(14-16(15)2)24-23(26-31-25(32-34-26)18-6-8-20(28)9-7-18)17(3)33(27(35)30-24)22-12-10-21(29)11-13-22/h4-14,24H,1-3H3,(H,30,35). The number of hydrogen-bond donors (Lipinski definition) is 1. The van der Waals surface area contributed by atoms with Crippen molar-refractivity contribution in [2.75, 3.05) is 4.90 Å². The van der Waals surface area contributed by atoms with Gasteiger partial charge in [-0.15, -0.1) is 0 Å². The Kier molecular flexibility index (Phi) is 5.90. The van der Waals surface area contributed by atoms with Crippen LogP contribution in [0.4, 0.5) is 14.5 Å². The van der Waals surface area contributed by atoms with Crippen molar-refractivity contribution in [1.29, 1.82) is 0 Å². The van der Waals surface area contributed by atoms with Gasteiger partial charge in [-0.3, -0.25) is 4.90 Å². The lowest BCUT2D eigenvalue weighted by atomic mass is 9.92. The van der Waals surface area contributed by atoms with Crippen LogP contribution in [0, 0.1) is 25.5 Å². The number of halogens is 2. The number of nitrogens with one attached hydrogen (secondary N) is 1. The quantitative estimate of drug-likeness (QED) is 0.331. The van der Waals surface area contributed by atoms with Gasteiger partial charge in [0, 0.05) is 16.9 Å². The smallest absolute Gasteiger partial charge is 0.258 e. The minimum atomic E-state index is -0.347. The second-order valence-corrected chi connectivity index (χ2v) is 8.85. The van der Waals surface area contributed by atoms with Crippen LogP contribution in [0.1, 0.15) is 35.5 Å². The zero-order valence-electron chi connectivity index (χ0n) is 19.3. The number of thiocarbonyl (C=S) groups is 1. The molecule has 0 fully saturated rings. The molecule has 8 heteroatoms. The normalized spacial score (nSPS) is 16.0. The predicted octanol–water partition coefficient (Wildman–Crippen LogP) is 6.50. The molecule has 0 bridgehead atoms. The van der Waals surface area contributed by atoms with Gasteiger partial charge in [0.15, 0.2) is 5.11 Å². The van der Waals surface area contributed by atoms with Crippen molar-refractivity contribution in [2.45, 2.75) is 26.8 Å². The van der Waals surface area contributed by atoms with Crippen LogP contribution < -0.4 is 10.2 Å². The Hall–Kier alpha value is -3.91. The molecule has 1 unspecified atom stereocenters. The molecule has 1 atom stereocenters. The number of rotatable bonds is 4. The highest BCUT2D eigenvalue weighted by molar-refractivity contribution is 7.80. The molecule has 4 aromatic rings. The molecule has 1 aromatic heterocycles. The van der Waals surface area contributed by atoms with Crippen LogP contribution in [-0.2, 0) is 0 Å². The summed E-state index contributed by atoms with van der Waals surface area (Å²) in [4.78, 5) is 6.46. The van der Waals surface area contributed by atoms with Crippen LogP contribution in [0.25, 0.3) is 17.0 Å². The monoisotopic (exact) mass is 488 g/mol. The topological polar surface area (TPSA) is 54.2 Å². The highest BCUT2D eigenvalue weighted by atomic mass is 32.1. The van der Waals surface area contributed by atoms with E-state index in [2.05, 4.69) is 41.4 Å². The molecule has 176 valence electrons. The highest BCUT2D eigenvalue weighted by Gasteiger charge is 2.35. The maximum absolute atomic E-state index is 13.6. The molecule has 1 N–H and O–H groups in total. The second-order valence-electron chi connectivity index (χ2n) is 8.47.